The second-order valence-electron chi connectivity index (χ2n) is 5.77. The Morgan fingerprint density at radius 3 is 2.76 bits per heavy atom. The molecule has 21 heavy (non-hydrogen) atoms. The van der Waals surface area contributed by atoms with Crippen LogP contribution >= 0.6 is 0 Å². The van der Waals surface area contributed by atoms with Crippen LogP contribution < -0.4 is 5.73 Å². The van der Waals surface area contributed by atoms with Crippen LogP contribution in [0.3, 0.4) is 0 Å². The number of hydrogen-bond acceptors (Lipinski definition) is 5. The number of rotatable bonds is 7. The van der Waals surface area contributed by atoms with Crippen LogP contribution in [-0.4, -0.2) is 27.1 Å². The number of hydrogen-bond donors (Lipinski definition) is 1. The number of carbonyl (C=O) groups excluding carboxylic acids is 1. The highest BCUT2D eigenvalue weighted by molar-refractivity contribution is 5.91. The van der Waals surface area contributed by atoms with Crippen LogP contribution in [0.5, 0.6) is 0 Å². The third-order valence-electron chi connectivity index (χ3n) is 4.02. The summed E-state index contributed by atoms with van der Waals surface area (Å²) in [5.41, 5.74) is 6.12. The van der Waals surface area contributed by atoms with Crippen LogP contribution in [0.1, 0.15) is 75.2 Å². The maximum atomic E-state index is 12.1. The Hall–Kier alpha value is -1.59. The summed E-state index contributed by atoms with van der Waals surface area (Å²) in [7, 11) is 0. The molecule has 1 heterocycles. The summed E-state index contributed by atoms with van der Waals surface area (Å²) in [5, 5.41) is 7.86. The minimum atomic E-state index is -0.431. The first kappa shape index (κ1) is 15.8. The first-order valence-electron chi connectivity index (χ1n) is 8.12. The molecule has 0 bridgehead atoms. The molecular weight excluding hydrogens is 268 g/mol. The third-order valence-corrected chi connectivity index (χ3v) is 4.02. The van der Waals surface area contributed by atoms with E-state index in [9.17, 15) is 4.79 Å². The summed E-state index contributed by atoms with van der Waals surface area (Å²) in [6, 6.07) is 0. The lowest BCUT2D eigenvalue weighted by Gasteiger charge is -2.21. The van der Waals surface area contributed by atoms with Gasteiger partial charge < -0.3 is 10.5 Å². The average molecular weight is 294 g/mol. The van der Waals surface area contributed by atoms with Gasteiger partial charge in [0.15, 0.2) is 5.82 Å². The SMILES string of the molecule is CCCCCCn1nnc(C(=O)OC2CCCCC2)c1N. The molecule has 2 rings (SSSR count). The molecule has 1 fully saturated rings. The minimum Gasteiger partial charge on any atom is -0.458 e. The van der Waals surface area contributed by atoms with Gasteiger partial charge in [-0.15, -0.1) is 5.10 Å². The Bertz CT molecular complexity index is 453. The van der Waals surface area contributed by atoms with Crippen molar-refractivity contribution in [2.45, 2.75) is 77.4 Å². The van der Waals surface area contributed by atoms with Gasteiger partial charge in [0, 0.05) is 6.54 Å². The number of nitrogens with two attached hydrogens (primary N) is 1. The highest BCUT2D eigenvalue weighted by atomic mass is 16.5. The van der Waals surface area contributed by atoms with Crippen molar-refractivity contribution in [1.82, 2.24) is 15.0 Å². The lowest BCUT2D eigenvalue weighted by Crippen LogP contribution is -2.22. The predicted octanol–water partition coefficient (Wildman–Crippen LogP) is 2.93. The van der Waals surface area contributed by atoms with E-state index in [0.717, 1.165) is 38.5 Å². The van der Waals surface area contributed by atoms with Crippen LogP contribution in [0, 0.1) is 0 Å². The summed E-state index contributed by atoms with van der Waals surface area (Å²) in [4.78, 5) is 12.1. The van der Waals surface area contributed by atoms with Crippen molar-refractivity contribution in [2.75, 3.05) is 5.73 Å². The number of esters is 1. The molecule has 0 atom stereocenters. The third kappa shape index (κ3) is 4.44. The van der Waals surface area contributed by atoms with Gasteiger partial charge in [0.1, 0.15) is 6.10 Å². The van der Waals surface area contributed by atoms with Crippen LogP contribution in [0.4, 0.5) is 5.82 Å². The molecule has 1 aliphatic rings. The number of aromatic nitrogens is 3. The fourth-order valence-corrected chi connectivity index (χ4v) is 2.71. The van der Waals surface area contributed by atoms with Crippen molar-refractivity contribution in [3.63, 3.8) is 0 Å². The standard InChI is InChI=1S/C15H26N4O2/c1-2-3-4-8-11-19-14(16)13(17-18-19)15(20)21-12-9-6-5-7-10-12/h12H,2-11,16H2,1H3. The fraction of sp³-hybridized carbons (Fsp3) is 0.800. The van der Waals surface area contributed by atoms with Gasteiger partial charge in [-0.25, -0.2) is 9.48 Å². The van der Waals surface area contributed by atoms with Gasteiger partial charge in [0.25, 0.3) is 0 Å². The molecule has 6 nitrogen and oxygen atoms in total. The quantitative estimate of drug-likeness (QED) is 0.617. The van der Waals surface area contributed by atoms with E-state index in [-0.39, 0.29) is 11.8 Å². The van der Waals surface area contributed by atoms with E-state index in [1.165, 1.54) is 19.3 Å². The molecule has 2 N–H and O–H groups in total. The Morgan fingerprint density at radius 2 is 2.05 bits per heavy atom. The smallest absolute Gasteiger partial charge is 0.363 e. The number of aryl methyl sites for hydroxylation is 1. The molecule has 1 aromatic rings. The van der Waals surface area contributed by atoms with Crippen molar-refractivity contribution >= 4 is 11.8 Å². The highest BCUT2D eigenvalue weighted by Gasteiger charge is 2.23. The van der Waals surface area contributed by atoms with Gasteiger partial charge in [0.2, 0.25) is 5.69 Å². The van der Waals surface area contributed by atoms with Crippen molar-refractivity contribution in [3.8, 4) is 0 Å². The van der Waals surface area contributed by atoms with E-state index in [2.05, 4.69) is 17.2 Å². The number of ether oxygens (including phenoxy) is 1. The van der Waals surface area contributed by atoms with Crippen LogP contribution in [0.2, 0.25) is 0 Å². The largest absolute Gasteiger partial charge is 0.458 e. The average Bonchev–Trinajstić information content (AvgIpc) is 2.86. The predicted molar refractivity (Wildman–Crippen MR) is 80.9 cm³/mol. The van der Waals surface area contributed by atoms with E-state index in [1.807, 2.05) is 0 Å². The van der Waals surface area contributed by atoms with E-state index in [1.54, 1.807) is 4.68 Å². The van der Waals surface area contributed by atoms with Gasteiger partial charge in [-0.2, -0.15) is 0 Å². The van der Waals surface area contributed by atoms with E-state index in [4.69, 9.17) is 10.5 Å². The lowest BCUT2D eigenvalue weighted by atomic mass is 9.98. The van der Waals surface area contributed by atoms with E-state index >= 15 is 0 Å². The topological polar surface area (TPSA) is 83.0 Å². The molecule has 0 saturated heterocycles. The maximum absolute atomic E-state index is 12.1. The zero-order valence-electron chi connectivity index (χ0n) is 12.9. The molecule has 0 spiro atoms. The second-order valence-corrected chi connectivity index (χ2v) is 5.77. The summed E-state index contributed by atoms with van der Waals surface area (Å²) in [6.07, 6.45) is 9.89. The van der Waals surface area contributed by atoms with Crippen molar-refractivity contribution in [2.24, 2.45) is 0 Å². The van der Waals surface area contributed by atoms with Gasteiger partial charge in [0.05, 0.1) is 0 Å². The summed E-state index contributed by atoms with van der Waals surface area (Å²) < 4.78 is 7.08. The van der Waals surface area contributed by atoms with E-state index < -0.39 is 5.97 Å². The number of nitrogens with zero attached hydrogens (tertiary/aromatic N) is 3. The zero-order valence-corrected chi connectivity index (χ0v) is 12.9. The number of carbonyl (C=O) groups is 1. The van der Waals surface area contributed by atoms with Crippen LogP contribution in [0.25, 0.3) is 0 Å². The molecule has 0 unspecified atom stereocenters. The molecule has 118 valence electrons. The second kappa shape index (κ2) is 8.00. The van der Waals surface area contributed by atoms with Crippen LogP contribution in [-0.2, 0) is 11.3 Å². The van der Waals surface area contributed by atoms with Gasteiger partial charge in [-0.3, -0.25) is 0 Å². The number of anilines is 1. The first-order chi connectivity index (χ1) is 10.2. The summed E-state index contributed by atoms with van der Waals surface area (Å²) in [5.74, 6) is -0.105. The Balaban J connectivity index is 1.87. The van der Waals surface area contributed by atoms with E-state index in [0.29, 0.717) is 12.4 Å². The number of unbranched alkanes of at least 4 members (excludes halogenated alkanes) is 3. The molecule has 0 aliphatic heterocycles. The minimum absolute atomic E-state index is 0.0142. The normalized spacial score (nSPS) is 16.0. The Labute approximate surface area is 126 Å². The molecule has 0 amide bonds. The maximum Gasteiger partial charge on any atom is 0.363 e. The fourth-order valence-electron chi connectivity index (χ4n) is 2.71. The van der Waals surface area contributed by atoms with Crippen molar-refractivity contribution < 1.29 is 9.53 Å². The molecular formula is C15H26N4O2. The summed E-state index contributed by atoms with van der Waals surface area (Å²) in [6.45, 7) is 2.87. The first-order valence-corrected chi connectivity index (χ1v) is 8.12. The Morgan fingerprint density at radius 1 is 1.29 bits per heavy atom. The number of nitrogen functional groups attached to an aromatic ring is 1. The van der Waals surface area contributed by atoms with Crippen molar-refractivity contribution in [3.05, 3.63) is 5.69 Å². The van der Waals surface area contributed by atoms with Gasteiger partial charge in [-0.05, 0) is 32.1 Å². The molecule has 1 saturated carbocycles. The lowest BCUT2D eigenvalue weighted by molar-refractivity contribution is 0.0205. The molecule has 1 aromatic heterocycles. The molecule has 0 radical (unpaired) electrons. The van der Waals surface area contributed by atoms with Gasteiger partial charge >= 0.3 is 5.97 Å². The van der Waals surface area contributed by atoms with Crippen LogP contribution in [0.15, 0.2) is 0 Å². The molecule has 6 heteroatoms. The Kier molecular flexibility index (Phi) is 6.02. The zero-order chi connectivity index (χ0) is 15.1. The van der Waals surface area contributed by atoms with Gasteiger partial charge in [-0.1, -0.05) is 37.8 Å². The molecule has 0 aromatic carbocycles. The highest BCUT2D eigenvalue weighted by Crippen LogP contribution is 2.22. The molecule has 1 aliphatic carbocycles. The monoisotopic (exact) mass is 294 g/mol. The van der Waals surface area contributed by atoms with Crippen molar-refractivity contribution in [1.29, 1.82) is 0 Å². The summed E-state index contributed by atoms with van der Waals surface area (Å²) >= 11 is 0.